The summed E-state index contributed by atoms with van der Waals surface area (Å²) < 4.78 is 41.3. The fourth-order valence-corrected chi connectivity index (χ4v) is 4.43. The number of aromatic amines is 1. The van der Waals surface area contributed by atoms with Gasteiger partial charge in [0.1, 0.15) is 5.69 Å². The number of aromatic nitrogens is 5. The highest BCUT2D eigenvalue weighted by molar-refractivity contribution is 6.32. The van der Waals surface area contributed by atoms with Crippen molar-refractivity contribution < 1.29 is 22.8 Å². The van der Waals surface area contributed by atoms with Crippen molar-refractivity contribution >= 4 is 40.0 Å². The molecule has 0 saturated heterocycles. The van der Waals surface area contributed by atoms with Crippen LogP contribution in [0.4, 0.5) is 18.9 Å². The molecule has 2 aromatic carbocycles. The van der Waals surface area contributed by atoms with Crippen LogP contribution in [0, 0.1) is 6.92 Å². The van der Waals surface area contributed by atoms with Crippen LogP contribution in [-0.2, 0) is 12.6 Å². The average Bonchev–Trinajstić information content (AvgIpc) is 3.50. The van der Waals surface area contributed by atoms with E-state index in [2.05, 4.69) is 25.6 Å². The number of amides is 2. The first kappa shape index (κ1) is 25.9. The summed E-state index contributed by atoms with van der Waals surface area (Å²) in [6, 6.07) is 14.7. The van der Waals surface area contributed by atoms with E-state index in [4.69, 9.17) is 17.3 Å². The fourth-order valence-electron chi connectivity index (χ4n) is 4.23. The number of carbonyl (C=O) groups is 2. The number of alkyl halides is 3. The molecular formula is C26H19ClF3N7O2. The van der Waals surface area contributed by atoms with E-state index in [0.29, 0.717) is 33.8 Å². The average molecular weight is 554 g/mol. The number of H-pyrrole nitrogens is 1. The summed E-state index contributed by atoms with van der Waals surface area (Å²) in [5, 5.41) is 13.8. The van der Waals surface area contributed by atoms with Crippen LogP contribution >= 0.6 is 11.6 Å². The van der Waals surface area contributed by atoms with E-state index >= 15 is 0 Å². The number of fused-ring (bicyclic) bond motifs is 1. The van der Waals surface area contributed by atoms with E-state index in [-0.39, 0.29) is 27.6 Å². The topological polar surface area (TPSA) is 132 Å². The minimum Gasteiger partial charge on any atom is -0.365 e. The van der Waals surface area contributed by atoms with Gasteiger partial charge in [-0.05, 0) is 36.2 Å². The lowest BCUT2D eigenvalue weighted by atomic mass is 9.99. The number of anilines is 1. The van der Waals surface area contributed by atoms with E-state index in [1.807, 2.05) is 30.3 Å². The molecule has 0 saturated carbocycles. The zero-order chi connectivity index (χ0) is 27.9. The first-order valence-electron chi connectivity index (χ1n) is 11.5. The number of hydrogen-bond donors (Lipinski definition) is 3. The maximum Gasteiger partial charge on any atom is 0.435 e. The SMILES string of the molecule is Cc1cc2c(Cc3ccccc3)n[nH]c2c(C(N)=O)c1NC(=O)c1cc(C(F)(F)F)nn1-c1ncccc1Cl. The Morgan fingerprint density at radius 1 is 1.13 bits per heavy atom. The van der Waals surface area contributed by atoms with E-state index in [1.54, 1.807) is 13.0 Å². The summed E-state index contributed by atoms with van der Waals surface area (Å²) in [5.41, 5.74) is 6.18. The molecule has 9 nitrogen and oxygen atoms in total. The number of nitrogens with one attached hydrogen (secondary N) is 2. The minimum atomic E-state index is -4.85. The molecule has 0 bridgehead atoms. The quantitative estimate of drug-likeness (QED) is 0.270. The molecule has 0 unspecified atom stereocenters. The van der Waals surface area contributed by atoms with Gasteiger partial charge in [0.05, 0.1) is 27.5 Å². The van der Waals surface area contributed by atoms with Gasteiger partial charge in [0, 0.05) is 24.1 Å². The maximum atomic E-state index is 13.5. The number of benzene rings is 2. The predicted octanol–water partition coefficient (Wildman–Crippen LogP) is 5.07. The van der Waals surface area contributed by atoms with Gasteiger partial charge in [0.2, 0.25) is 0 Å². The molecule has 198 valence electrons. The molecule has 0 radical (unpaired) electrons. The van der Waals surface area contributed by atoms with Crippen LogP contribution in [0.1, 0.15) is 43.4 Å². The first-order chi connectivity index (χ1) is 18.5. The maximum absolute atomic E-state index is 13.5. The molecule has 3 heterocycles. The molecule has 3 aromatic heterocycles. The van der Waals surface area contributed by atoms with Gasteiger partial charge in [-0.1, -0.05) is 41.9 Å². The summed E-state index contributed by atoms with van der Waals surface area (Å²) in [6.45, 7) is 1.63. The molecule has 5 rings (SSSR count). The van der Waals surface area contributed by atoms with Gasteiger partial charge in [-0.2, -0.15) is 23.4 Å². The van der Waals surface area contributed by atoms with Crippen LogP contribution in [-0.4, -0.2) is 36.8 Å². The van der Waals surface area contributed by atoms with Gasteiger partial charge in [0.25, 0.3) is 11.8 Å². The number of pyridine rings is 1. The second-order valence-electron chi connectivity index (χ2n) is 8.65. The smallest absolute Gasteiger partial charge is 0.365 e. The third kappa shape index (κ3) is 4.93. The lowest BCUT2D eigenvalue weighted by Gasteiger charge is -2.14. The van der Waals surface area contributed by atoms with Crippen LogP contribution in [0.5, 0.6) is 0 Å². The van der Waals surface area contributed by atoms with Crippen LogP contribution in [0.2, 0.25) is 5.02 Å². The van der Waals surface area contributed by atoms with Crippen molar-refractivity contribution in [2.75, 3.05) is 5.32 Å². The van der Waals surface area contributed by atoms with Crippen LogP contribution in [0.3, 0.4) is 0 Å². The number of carbonyl (C=O) groups excluding carboxylic acids is 2. The summed E-state index contributed by atoms with van der Waals surface area (Å²) >= 11 is 6.13. The fraction of sp³-hybridized carbons (Fsp3) is 0.115. The Morgan fingerprint density at radius 2 is 1.87 bits per heavy atom. The van der Waals surface area contributed by atoms with Gasteiger partial charge in [-0.15, -0.1) is 0 Å². The lowest BCUT2D eigenvalue weighted by Crippen LogP contribution is -2.22. The van der Waals surface area contributed by atoms with Crippen LogP contribution in [0.15, 0.2) is 60.8 Å². The Hall–Kier alpha value is -4.71. The molecule has 0 aliphatic rings. The summed E-state index contributed by atoms with van der Waals surface area (Å²) in [5.74, 6) is -2.04. The van der Waals surface area contributed by atoms with E-state index in [9.17, 15) is 22.8 Å². The third-order valence-electron chi connectivity index (χ3n) is 6.01. The highest BCUT2D eigenvalue weighted by Crippen LogP contribution is 2.33. The van der Waals surface area contributed by atoms with E-state index in [1.165, 1.54) is 18.3 Å². The standard InChI is InChI=1S/C26H19ClF3N7O2/c1-13-10-15-17(11-14-6-3-2-4-7-14)34-35-22(15)20(23(31)38)21(13)33-25(39)18-12-19(26(28,29)30)36-37(18)24-16(27)8-5-9-32-24/h2-10,12H,11H2,1H3,(H2,31,38)(H,33,39)(H,34,35). The van der Waals surface area contributed by atoms with Crippen molar-refractivity contribution in [1.29, 1.82) is 0 Å². The molecule has 0 spiro atoms. The Labute approximate surface area is 223 Å². The molecular weight excluding hydrogens is 535 g/mol. The molecule has 4 N–H and O–H groups in total. The Bertz CT molecular complexity index is 1730. The Morgan fingerprint density at radius 3 is 2.54 bits per heavy atom. The molecule has 0 fully saturated rings. The second-order valence-corrected chi connectivity index (χ2v) is 9.06. The molecule has 39 heavy (non-hydrogen) atoms. The minimum absolute atomic E-state index is 0.0170. The largest absolute Gasteiger partial charge is 0.435 e. The van der Waals surface area contributed by atoms with Crippen molar-refractivity contribution in [3.63, 3.8) is 0 Å². The number of aryl methyl sites for hydroxylation is 1. The predicted molar refractivity (Wildman–Crippen MR) is 138 cm³/mol. The Balaban J connectivity index is 1.59. The van der Waals surface area contributed by atoms with Gasteiger partial charge in [0.15, 0.2) is 11.5 Å². The summed E-state index contributed by atoms with van der Waals surface area (Å²) in [6.07, 6.45) is -3.08. The molecule has 0 aliphatic carbocycles. The number of halogens is 4. The second kappa shape index (κ2) is 9.87. The molecule has 2 amide bonds. The number of hydrogen-bond acceptors (Lipinski definition) is 5. The molecule has 5 aromatic rings. The molecule has 0 aliphatic heterocycles. The van der Waals surface area contributed by atoms with Crippen molar-refractivity contribution in [3.8, 4) is 5.82 Å². The Kier molecular flexibility index (Phi) is 6.56. The van der Waals surface area contributed by atoms with Crippen LogP contribution in [0.25, 0.3) is 16.7 Å². The molecule has 13 heteroatoms. The zero-order valence-corrected chi connectivity index (χ0v) is 20.9. The van der Waals surface area contributed by atoms with E-state index < -0.39 is 29.4 Å². The van der Waals surface area contributed by atoms with Crippen LogP contribution < -0.4 is 11.1 Å². The highest BCUT2D eigenvalue weighted by Gasteiger charge is 2.37. The highest BCUT2D eigenvalue weighted by atomic mass is 35.5. The number of rotatable bonds is 6. The van der Waals surface area contributed by atoms with Crippen molar-refractivity contribution in [3.05, 3.63) is 99.6 Å². The normalized spacial score (nSPS) is 11.6. The van der Waals surface area contributed by atoms with Crippen molar-refractivity contribution in [2.24, 2.45) is 5.73 Å². The summed E-state index contributed by atoms with van der Waals surface area (Å²) in [4.78, 5) is 29.9. The van der Waals surface area contributed by atoms with Gasteiger partial charge in [-0.3, -0.25) is 14.7 Å². The molecule has 0 atom stereocenters. The van der Waals surface area contributed by atoms with Gasteiger partial charge in [-0.25, -0.2) is 9.67 Å². The lowest BCUT2D eigenvalue weighted by molar-refractivity contribution is -0.141. The van der Waals surface area contributed by atoms with Gasteiger partial charge < -0.3 is 11.1 Å². The van der Waals surface area contributed by atoms with E-state index in [0.717, 1.165) is 5.56 Å². The van der Waals surface area contributed by atoms with Crippen molar-refractivity contribution in [2.45, 2.75) is 19.5 Å². The number of nitrogens with two attached hydrogens (primary N) is 1. The third-order valence-corrected chi connectivity index (χ3v) is 6.30. The van der Waals surface area contributed by atoms with Crippen molar-refractivity contribution in [1.82, 2.24) is 25.0 Å². The number of nitrogens with zero attached hydrogens (tertiary/aromatic N) is 4. The summed E-state index contributed by atoms with van der Waals surface area (Å²) in [7, 11) is 0. The monoisotopic (exact) mass is 553 g/mol. The zero-order valence-electron chi connectivity index (χ0n) is 20.2. The number of primary amides is 1. The van der Waals surface area contributed by atoms with Gasteiger partial charge >= 0.3 is 6.18 Å². The first-order valence-corrected chi connectivity index (χ1v) is 11.9.